The first-order valence-corrected chi connectivity index (χ1v) is 13.3. The zero-order valence-corrected chi connectivity index (χ0v) is 22.3. The minimum atomic E-state index is -0.323. The summed E-state index contributed by atoms with van der Waals surface area (Å²) >= 11 is 6.07. The molecule has 0 unspecified atom stereocenters. The van der Waals surface area contributed by atoms with E-state index in [0.29, 0.717) is 55.2 Å². The molecular formula is C27H35ClN6O2. The highest BCUT2D eigenvalue weighted by Crippen LogP contribution is 2.34. The maximum atomic E-state index is 13.3. The van der Waals surface area contributed by atoms with Gasteiger partial charge in [0.05, 0.1) is 6.54 Å². The molecule has 192 valence electrons. The lowest BCUT2D eigenvalue weighted by molar-refractivity contribution is -0.132. The van der Waals surface area contributed by atoms with E-state index in [9.17, 15) is 9.59 Å². The van der Waals surface area contributed by atoms with Gasteiger partial charge in [0.2, 0.25) is 11.9 Å². The van der Waals surface area contributed by atoms with Crippen LogP contribution in [0.4, 0.5) is 11.8 Å². The number of halogens is 1. The Bertz CT molecular complexity index is 1150. The fourth-order valence-corrected chi connectivity index (χ4v) is 5.16. The lowest BCUT2D eigenvalue weighted by Crippen LogP contribution is -2.50. The van der Waals surface area contributed by atoms with Crippen LogP contribution in [0.1, 0.15) is 62.2 Å². The van der Waals surface area contributed by atoms with Crippen LogP contribution in [0.2, 0.25) is 5.02 Å². The molecule has 5 rings (SSSR count). The van der Waals surface area contributed by atoms with E-state index in [2.05, 4.69) is 24.1 Å². The van der Waals surface area contributed by atoms with E-state index in [-0.39, 0.29) is 29.3 Å². The van der Waals surface area contributed by atoms with E-state index < -0.39 is 0 Å². The Kier molecular flexibility index (Phi) is 6.57. The Balaban J connectivity index is 1.40. The molecule has 8 nitrogen and oxygen atoms in total. The third kappa shape index (κ3) is 5.14. The van der Waals surface area contributed by atoms with E-state index in [1.807, 2.05) is 47.9 Å². The molecule has 1 aromatic carbocycles. The number of piperazine rings is 1. The number of nitrogens with zero attached hydrogens (tertiary/aromatic N) is 5. The number of carbonyl (C=O) groups excluding carboxylic acids is 2. The van der Waals surface area contributed by atoms with Gasteiger partial charge in [-0.05, 0) is 64.7 Å². The number of fused-ring (bicyclic) bond motifs is 1. The number of aromatic nitrogens is 2. The Morgan fingerprint density at radius 3 is 2.39 bits per heavy atom. The first-order chi connectivity index (χ1) is 17.1. The van der Waals surface area contributed by atoms with E-state index in [4.69, 9.17) is 21.6 Å². The lowest BCUT2D eigenvalue weighted by atomic mass is 9.94. The summed E-state index contributed by atoms with van der Waals surface area (Å²) in [5, 5.41) is 4.35. The molecule has 1 saturated heterocycles. The third-order valence-electron chi connectivity index (χ3n) is 7.23. The van der Waals surface area contributed by atoms with Crippen molar-refractivity contribution in [3.05, 3.63) is 46.1 Å². The number of rotatable bonds is 7. The number of carbonyl (C=O) groups is 2. The van der Waals surface area contributed by atoms with Crippen LogP contribution in [0.25, 0.3) is 0 Å². The van der Waals surface area contributed by atoms with Crippen LogP contribution in [-0.4, -0.2) is 69.3 Å². The number of benzene rings is 1. The summed E-state index contributed by atoms with van der Waals surface area (Å²) in [6.07, 6.45) is 2.80. The van der Waals surface area contributed by atoms with E-state index >= 15 is 0 Å². The molecule has 36 heavy (non-hydrogen) atoms. The zero-order chi connectivity index (χ0) is 25.6. The SMILES string of the molecule is CC(C)N1Cc2c(NC(C)(C)Cc3ccc(Cl)cc3)nc(N3CCN(C(=O)C4CC4)CC3)nc2C1=O. The van der Waals surface area contributed by atoms with Crippen LogP contribution >= 0.6 is 11.6 Å². The molecule has 0 atom stereocenters. The molecule has 1 aromatic heterocycles. The highest BCUT2D eigenvalue weighted by atomic mass is 35.5. The van der Waals surface area contributed by atoms with E-state index in [1.54, 1.807) is 0 Å². The monoisotopic (exact) mass is 510 g/mol. The maximum Gasteiger partial charge on any atom is 0.273 e. The van der Waals surface area contributed by atoms with Crippen LogP contribution in [0.3, 0.4) is 0 Å². The molecule has 0 spiro atoms. The Morgan fingerprint density at radius 2 is 1.78 bits per heavy atom. The van der Waals surface area contributed by atoms with Gasteiger partial charge in [-0.2, -0.15) is 4.98 Å². The average Bonchev–Trinajstić information content (AvgIpc) is 3.63. The predicted molar refractivity (Wildman–Crippen MR) is 141 cm³/mol. The topological polar surface area (TPSA) is 81.7 Å². The maximum absolute atomic E-state index is 13.3. The Morgan fingerprint density at radius 1 is 1.11 bits per heavy atom. The Labute approximate surface area is 218 Å². The van der Waals surface area contributed by atoms with Gasteiger partial charge in [0.25, 0.3) is 5.91 Å². The second-order valence-electron chi connectivity index (χ2n) is 11.1. The van der Waals surface area contributed by atoms with Gasteiger partial charge >= 0.3 is 0 Å². The zero-order valence-electron chi connectivity index (χ0n) is 21.6. The van der Waals surface area contributed by atoms with Gasteiger partial charge in [-0.1, -0.05) is 23.7 Å². The van der Waals surface area contributed by atoms with Crippen molar-refractivity contribution in [1.29, 1.82) is 0 Å². The van der Waals surface area contributed by atoms with Gasteiger partial charge in [-0.25, -0.2) is 4.98 Å². The molecule has 2 aromatic rings. The summed E-state index contributed by atoms with van der Waals surface area (Å²) in [6.45, 7) is 11.4. The van der Waals surface area contributed by atoms with Crippen LogP contribution in [0.5, 0.6) is 0 Å². The van der Waals surface area contributed by atoms with Crippen molar-refractivity contribution in [3.8, 4) is 0 Å². The predicted octanol–water partition coefficient (Wildman–Crippen LogP) is 3.99. The molecule has 2 aliphatic heterocycles. The summed E-state index contributed by atoms with van der Waals surface area (Å²) in [5.74, 6) is 1.72. The number of hydrogen-bond donors (Lipinski definition) is 1. The molecule has 1 N–H and O–H groups in total. The summed E-state index contributed by atoms with van der Waals surface area (Å²) in [4.78, 5) is 41.4. The quantitative estimate of drug-likeness (QED) is 0.606. The fraction of sp³-hybridized carbons (Fsp3) is 0.556. The van der Waals surface area contributed by atoms with Gasteiger partial charge in [0.1, 0.15) is 11.5 Å². The molecule has 3 heterocycles. The molecule has 0 radical (unpaired) electrons. The van der Waals surface area contributed by atoms with Crippen molar-refractivity contribution >= 4 is 35.2 Å². The Hall–Kier alpha value is -2.87. The first-order valence-electron chi connectivity index (χ1n) is 12.9. The summed E-state index contributed by atoms with van der Waals surface area (Å²) < 4.78 is 0. The summed E-state index contributed by atoms with van der Waals surface area (Å²) in [7, 11) is 0. The van der Waals surface area contributed by atoms with Crippen LogP contribution in [0, 0.1) is 5.92 Å². The molecular weight excluding hydrogens is 476 g/mol. The summed E-state index contributed by atoms with van der Waals surface area (Å²) in [5.41, 5.74) is 2.18. The molecule has 2 amide bonds. The van der Waals surface area contributed by atoms with E-state index in [0.717, 1.165) is 24.8 Å². The highest BCUT2D eigenvalue weighted by molar-refractivity contribution is 6.30. The van der Waals surface area contributed by atoms with Gasteiger partial charge in [0.15, 0.2) is 0 Å². The molecule has 2 fully saturated rings. The number of hydrogen-bond acceptors (Lipinski definition) is 6. The van der Waals surface area contributed by atoms with E-state index in [1.165, 1.54) is 5.56 Å². The van der Waals surface area contributed by atoms with Crippen molar-refractivity contribution in [3.63, 3.8) is 0 Å². The van der Waals surface area contributed by atoms with Gasteiger partial charge < -0.3 is 20.0 Å². The lowest BCUT2D eigenvalue weighted by Gasteiger charge is -2.35. The molecule has 0 bridgehead atoms. The van der Waals surface area contributed by atoms with Crippen molar-refractivity contribution in [2.45, 2.75) is 65.1 Å². The minimum Gasteiger partial charge on any atom is -0.364 e. The van der Waals surface area contributed by atoms with Crippen molar-refractivity contribution in [1.82, 2.24) is 19.8 Å². The van der Waals surface area contributed by atoms with Crippen LogP contribution < -0.4 is 10.2 Å². The van der Waals surface area contributed by atoms with Crippen molar-refractivity contribution in [2.75, 3.05) is 36.4 Å². The minimum absolute atomic E-state index is 0.0512. The normalized spacial score (nSPS) is 18.2. The fourth-order valence-electron chi connectivity index (χ4n) is 5.03. The van der Waals surface area contributed by atoms with Gasteiger partial charge in [-0.15, -0.1) is 0 Å². The number of anilines is 2. The third-order valence-corrected chi connectivity index (χ3v) is 7.48. The van der Waals surface area contributed by atoms with Crippen LogP contribution in [-0.2, 0) is 17.8 Å². The van der Waals surface area contributed by atoms with Gasteiger partial charge in [0, 0.05) is 54.3 Å². The van der Waals surface area contributed by atoms with Crippen molar-refractivity contribution < 1.29 is 9.59 Å². The molecule has 3 aliphatic rings. The number of nitrogens with one attached hydrogen (secondary N) is 1. The largest absolute Gasteiger partial charge is 0.364 e. The second kappa shape index (κ2) is 9.54. The molecule has 1 aliphatic carbocycles. The second-order valence-corrected chi connectivity index (χ2v) is 11.6. The standard InChI is InChI=1S/C27H35ClN6O2/c1-17(2)34-16-21-22(25(34)36)29-26(33-13-11-32(12-14-33)24(35)19-7-8-19)30-23(21)31-27(3,4)15-18-5-9-20(28)10-6-18/h5-6,9-10,17,19H,7-8,11-16H2,1-4H3,(H,29,30,31). The van der Waals surface area contributed by atoms with Crippen LogP contribution in [0.15, 0.2) is 24.3 Å². The summed E-state index contributed by atoms with van der Waals surface area (Å²) in [6, 6.07) is 7.95. The molecule has 1 saturated carbocycles. The first kappa shape index (κ1) is 24.8. The molecule has 9 heteroatoms. The van der Waals surface area contributed by atoms with Gasteiger partial charge in [-0.3, -0.25) is 9.59 Å². The smallest absolute Gasteiger partial charge is 0.273 e. The average molecular weight is 511 g/mol. The number of amides is 2. The van der Waals surface area contributed by atoms with Crippen molar-refractivity contribution in [2.24, 2.45) is 5.92 Å². The highest BCUT2D eigenvalue weighted by Gasteiger charge is 2.38.